The highest BCUT2D eigenvalue weighted by molar-refractivity contribution is 5.95. The number of nitrogens with zero attached hydrogens (tertiary/aromatic N) is 1. The molecule has 1 heterocycles. The summed E-state index contributed by atoms with van der Waals surface area (Å²) in [6.07, 6.45) is 2.62. The lowest BCUT2D eigenvalue weighted by molar-refractivity contribution is -0.118. The fourth-order valence-corrected chi connectivity index (χ4v) is 2.79. The van der Waals surface area contributed by atoms with Gasteiger partial charge in [0.1, 0.15) is 0 Å². The van der Waals surface area contributed by atoms with Gasteiger partial charge in [0.25, 0.3) is 0 Å². The molecule has 3 nitrogen and oxygen atoms in total. The molecule has 1 atom stereocenters. The minimum Gasteiger partial charge on any atom is -0.315 e. The highest BCUT2D eigenvalue weighted by Crippen LogP contribution is 2.30. The molecule has 1 unspecified atom stereocenters. The van der Waals surface area contributed by atoms with Crippen LogP contribution in [0, 0.1) is 5.92 Å². The van der Waals surface area contributed by atoms with E-state index in [-0.39, 0.29) is 5.91 Å². The van der Waals surface area contributed by atoms with Gasteiger partial charge in [0.05, 0.1) is 0 Å². The van der Waals surface area contributed by atoms with Gasteiger partial charge in [-0.2, -0.15) is 0 Å². The fraction of sp³-hybridized carbons (Fsp3) is 0.562. The number of carbonyl (C=O) groups excluding carboxylic acids is 1. The smallest absolute Gasteiger partial charge is 0.227 e. The summed E-state index contributed by atoms with van der Waals surface area (Å²) in [5.74, 6) is 0.880. The second kappa shape index (κ2) is 5.74. The number of benzene rings is 1. The summed E-state index contributed by atoms with van der Waals surface area (Å²) < 4.78 is 0. The Morgan fingerprint density at radius 2 is 2.05 bits per heavy atom. The van der Waals surface area contributed by atoms with Crippen molar-refractivity contribution in [3.8, 4) is 0 Å². The molecule has 1 N–H and O–H groups in total. The molecule has 1 aliphatic heterocycles. The van der Waals surface area contributed by atoms with Crippen LogP contribution in [0.5, 0.6) is 0 Å². The maximum atomic E-state index is 11.7. The second-order valence-electron chi connectivity index (χ2n) is 5.81. The molecule has 1 amide bonds. The van der Waals surface area contributed by atoms with Crippen molar-refractivity contribution in [1.82, 2.24) is 5.32 Å². The van der Waals surface area contributed by atoms with Crippen LogP contribution in [0.3, 0.4) is 0 Å². The van der Waals surface area contributed by atoms with Crippen LogP contribution in [0.15, 0.2) is 18.2 Å². The number of rotatable bonds is 4. The van der Waals surface area contributed by atoms with Crippen LogP contribution in [0.1, 0.15) is 43.9 Å². The largest absolute Gasteiger partial charge is 0.315 e. The fourth-order valence-electron chi connectivity index (χ4n) is 2.79. The van der Waals surface area contributed by atoms with E-state index in [0.29, 0.717) is 18.4 Å². The minimum absolute atomic E-state index is 0.215. The molecule has 0 fully saturated rings. The number of aryl methyl sites for hydroxylation is 1. The predicted molar refractivity (Wildman–Crippen MR) is 79.4 cm³/mol. The van der Waals surface area contributed by atoms with Crippen LogP contribution in [0.4, 0.5) is 5.69 Å². The van der Waals surface area contributed by atoms with Gasteiger partial charge < -0.3 is 10.2 Å². The molecule has 1 aliphatic rings. The number of amides is 1. The summed E-state index contributed by atoms with van der Waals surface area (Å²) in [6.45, 7) is 4.49. The zero-order chi connectivity index (χ0) is 14.0. The van der Waals surface area contributed by atoms with E-state index in [4.69, 9.17) is 0 Å². The molecule has 1 aromatic carbocycles. The number of hydrogen-bond acceptors (Lipinski definition) is 2. The van der Waals surface area contributed by atoms with Crippen LogP contribution < -0.4 is 10.2 Å². The predicted octanol–water partition coefficient (Wildman–Crippen LogP) is 2.90. The van der Waals surface area contributed by atoms with E-state index in [0.717, 1.165) is 18.5 Å². The van der Waals surface area contributed by atoms with Gasteiger partial charge in [-0.25, -0.2) is 0 Å². The molecule has 3 heteroatoms. The zero-order valence-corrected chi connectivity index (χ0v) is 12.4. The SMILES string of the molecule is CNC(CC(C)C)c1ccc2c(c1)CCC(=O)N2C. The Morgan fingerprint density at radius 1 is 1.32 bits per heavy atom. The van der Waals surface area contributed by atoms with Gasteiger partial charge in [-0.1, -0.05) is 26.0 Å². The lowest BCUT2D eigenvalue weighted by Crippen LogP contribution is -2.31. The summed E-state index contributed by atoms with van der Waals surface area (Å²) >= 11 is 0. The van der Waals surface area contributed by atoms with Gasteiger partial charge in [0.2, 0.25) is 5.91 Å². The van der Waals surface area contributed by atoms with Crippen molar-refractivity contribution in [1.29, 1.82) is 0 Å². The Bertz CT molecular complexity index is 468. The van der Waals surface area contributed by atoms with Crippen LogP contribution in [-0.2, 0) is 11.2 Å². The summed E-state index contributed by atoms with van der Waals surface area (Å²) in [5, 5.41) is 3.40. The molecule has 0 aliphatic carbocycles. The van der Waals surface area contributed by atoms with E-state index < -0.39 is 0 Å². The summed E-state index contributed by atoms with van der Waals surface area (Å²) in [6, 6.07) is 6.90. The van der Waals surface area contributed by atoms with Crippen LogP contribution in [0.2, 0.25) is 0 Å². The molecule has 1 aromatic rings. The highest BCUT2D eigenvalue weighted by Gasteiger charge is 2.22. The van der Waals surface area contributed by atoms with Gasteiger partial charge >= 0.3 is 0 Å². The van der Waals surface area contributed by atoms with E-state index in [9.17, 15) is 4.79 Å². The van der Waals surface area contributed by atoms with E-state index in [1.807, 2.05) is 14.1 Å². The first-order chi connectivity index (χ1) is 9.02. The maximum Gasteiger partial charge on any atom is 0.227 e. The van der Waals surface area contributed by atoms with Crippen molar-refractivity contribution in [2.45, 2.75) is 39.2 Å². The monoisotopic (exact) mass is 260 g/mol. The Balaban J connectivity index is 2.28. The Labute approximate surface area is 116 Å². The van der Waals surface area contributed by atoms with E-state index in [1.54, 1.807) is 4.90 Å². The van der Waals surface area contributed by atoms with Gasteiger partial charge in [-0.15, -0.1) is 0 Å². The average molecular weight is 260 g/mol. The van der Waals surface area contributed by atoms with E-state index in [2.05, 4.69) is 37.4 Å². The Hall–Kier alpha value is -1.35. The number of fused-ring (bicyclic) bond motifs is 1. The van der Waals surface area contributed by atoms with Gasteiger partial charge in [0.15, 0.2) is 0 Å². The van der Waals surface area contributed by atoms with Crippen LogP contribution in [0.25, 0.3) is 0 Å². The third kappa shape index (κ3) is 2.98. The third-order valence-corrected chi connectivity index (χ3v) is 3.91. The van der Waals surface area contributed by atoms with E-state index >= 15 is 0 Å². The molecule has 0 saturated carbocycles. The molecular weight excluding hydrogens is 236 g/mol. The van der Waals surface area contributed by atoms with E-state index in [1.165, 1.54) is 11.1 Å². The van der Waals surface area contributed by atoms with Gasteiger partial charge in [-0.05, 0) is 43.0 Å². The van der Waals surface area contributed by atoms with Crippen molar-refractivity contribution in [3.63, 3.8) is 0 Å². The normalized spacial score (nSPS) is 16.7. The Morgan fingerprint density at radius 3 is 2.68 bits per heavy atom. The molecular formula is C16H24N2O. The number of anilines is 1. The van der Waals surface area contributed by atoms with Crippen molar-refractivity contribution in [3.05, 3.63) is 29.3 Å². The lowest BCUT2D eigenvalue weighted by atomic mass is 9.92. The summed E-state index contributed by atoms with van der Waals surface area (Å²) in [4.78, 5) is 13.5. The quantitative estimate of drug-likeness (QED) is 0.903. The van der Waals surface area contributed by atoms with Crippen molar-refractivity contribution in [2.24, 2.45) is 5.92 Å². The zero-order valence-electron chi connectivity index (χ0n) is 12.4. The number of nitrogens with one attached hydrogen (secondary N) is 1. The van der Waals surface area contributed by atoms with Crippen molar-refractivity contribution < 1.29 is 4.79 Å². The first-order valence-corrected chi connectivity index (χ1v) is 7.09. The van der Waals surface area contributed by atoms with Crippen LogP contribution in [-0.4, -0.2) is 20.0 Å². The first-order valence-electron chi connectivity index (χ1n) is 7.09. The maximum absolute atomic E-state index is 11.7. The lowest BCUT2D eigenvalue weighted by Gasteiger charge is -2.27. The topological polar surface area (TPSA) is 32.3 Å². The number of carbonyl (C=O) groups is 1. The van der Waals surface area contributed by atoms with Gasteiger partial charge in [0, 0.05) is 25.2 Å². The Kier molecular flexibility index (Phi) is 4.25. The standard InChI is InChI=1S/C16H24N2O/c1-11(2)9-14(17-3)12-5-7-15-13(10-12)6-8-16(19)18(15)4/h5,7,10-11,14,17H,6,8-9H2,1-4H3. The first kappa shape index (κ1) is 14.1. The molecule has 0 radical (unpaired) electrons. The average Bonchev–Trinajstić information content (AvgIpc) is 2.40. The highest BCUT2D eigenvalue weighted by atomic mass is 16.2. The minimum atomic E-state index is 0.215. The molecule has 0 saturated heterocycles. The van der Waals surface area contributed by atoms with Gasteiger partial charge in [-0.3, -0.25) is 4.79 Å². The number of hydrogen-bond donors (Lipinski definition) is 1. The molecule has 0 bridgehead atoms. The molecule has 0 spiro atoms. The van der Waals surface area contributed by atoms with Crippen molar-refractivity contribution in [2.75, 3.05) is 19.0 Å². The molecule has 19 heavy (non-hydrogen) atoms. The summed E-state index contributed by atoms with van der Waals surface area (Å²) in [7, 11) is 3.88. The van der Waals surface area contributed by atoms with Crippen molar-refractivity contribution >= 4 is 11.6 Å². The van der Waals surface area contributed by atoms with Crippen LogP contribution >= 0.6 is 0 Å². The summed E-state index contributed by atoms with van der Waals surface area (Å²) in [5.41, 5.74) is 3.70. The third-order valence-electron chi connectivity index (χ3n) is 3.91. The molecule has 104 valence electrons. The molecule has 2 rings (SSSR count). The second-order valence-corrected chi connectivity index (χ2v) is 5.81. The molecule has 0 aromatic heterocycles.